The van der Waals surface area contributed by atoms with Gasteiger partial charge in [-0.1, -0.05) is 6.07 Å². The van der Waals surface area contributed by atoms with Crippen LogP contribution in [0, 0.1) is 13.8 Å². The van der Waals surface area contributed by atoms with Gasteiger partial charge in [0.1, 0.15) is 5.82 Å². The van der Waals surface area contributed by atoms with E-state index in [1.807, 2.05) is 50.8 Å². The second-order valence-electron chi connectivity index (χ2n) is 6.77. The molecule has 1 N–H and O–H groups in total. The first kappa shape index (κ1) is 18.4. The fraction of sp³-hybridized carbons (Fsp3) is 0.526. The lowest BCUT2D eigenvalue weighted by Gasteiger charge is -2.27. The van der Waals surface area contributed by atoms with Crippen molar-refractivity contribution in [1.29, 1.82) is 0 Å². The molecule has 0 unspecified atom stereocenters. The molecular formula is C19H27N5O2. The van der Waals surface area contributed by atoms with Crippen LogP contribution in [0.15, 0.2) is 18.3 Å². The number of nitrogens with zero attached hydrogens (tertiary/aromatic N) is 4. The third-order valence-corrected chi connectivity index (χ3v) is 5.00. The molecule has 140 valence electrons. The highest BCUT2D eigenvalue weighted by molar-refractivity contribution is 5.83. The summed E-state index contributed by atoms with van der Waals surface area (Å²) in [6.45, 7) is 9.54. The Morgan fingerprint density at radius 3 is 2.62 bits per heavy atom. The highest BCUT2D eigenvalue weighted by atomic mass is 16.5. The Balaban J connectivity index is 1.58. The summed E-state index contributed by atoms with van der Waals surface area (Å²) in [6, 6.07) is 4.02. The normalized spacial score (nSPS) is 15.8. The number of anilines is 1. The first-order valence-corrected chi connectivity index (χ1v) is 9.02. The maximum Gasteiger partial charge on any atom is 0.227 e. The number of pyridine rings is 1. The van der Waals surface area contributed by atoms with Crippen LogP contribution >= 0.6 is 0 Å². The van der Waals surface area contributed by atoms with Gasteiger partial charge < -0.3 is 15.0 Å². The molecule has 1 saturated heterocycles. The van der Waals surface area contributed by atoms with E-state index in [9.17, 15) is 4.79 Å². The van der Waals surface area contributed by atoms with Crippen molar-refractivity contribution in [2.24, 2.45) is 7.05 Å². The number of carbonyl (C=O) groups excluding carboxylic acids is 1. The number of aryl methyl sites for hydroxylation is 2. The topological polar surface area (TPSA) is 72.3 Å². The van der Waals surface area contributed by atoms with Crippen molar-refractivity contribution in [1.82, 2.24) is 20.1 Å². The summed E-state index contributed by atoms with van der Waals surface area (Å²) >= 11 is 0. The standard InChI is InChI=1S/C19H27N5O2/c1-13(18-14(2)22-23(4)15(18)3)19(25)21-12-16-5-6-17(20-11-16)24-7-9-26-10-8-24/h5-6,11,13H,7-10,12H2,1-4H3,(H,21,25)/t13-/m1/s1. The van der Waals surface area contributed by atoms with Gasteiger partial charge in [-0.25, -0.2) is 4.98 Å². The number of carbonyl (C=O) groups is 1. The molecule has 0 aromatic carbocycles. The van der Waals surface area contributed by atoms with Gasteiger partial charge in [0.15, 0.2) is 0 Å². The molecule has 1 fully saturated rings. The molecule has 0 bridgehead atoms. The van der Waals surface area contributed by atoms with Crippen molar-refractivity contribution in [3.05, 3.63) is 40.8 Å². The molecular weight excluding hydrogens is 330 g/mol. The second kappa shape index (κ2) is 7.86. The molecule has 1 aliphatic rings. The van der Waals surface area contributed by atoms with Crippen LogP contribution in [0.2, 0.25) is 0 Å². The van der Waals surface area contributed by atoms with Gasteiger partial charge in [-0.3, -0.25) is 9.48 Å². The molecule has 1 atom stereocenters. The van der Waals surface area contributed by atoms with Gasteiger partial charge in [0.25, 0.3) is 0 Å². The summed E-state index contributed by atoms with van der Waals surface area (Å²) in [5.41, 5.74) is 3.93. The van der Waals surface area contributed by atoms with E-state index in [0.717, 1.165) is 54.6 Å². The van der Waals surface area contributed by atoms with Crippen molar-refractivity contribution in [3.8, 4) is 0 Å². The van der Waals surface area contributed by atoms with E-state index < -0.39 is 0 Å². The lowest BCUT2D eigenvalue weighted by Crippen LogP contribution is -2.36. The zero-order valence-corrected chi connectivity index (χ0v) is 16.0. The number of amides is 1. The van der Waals surface area contributed by atoms with Crippen LogP contribution in [-0.2, 0) is 23.1 Å². The molecule has 26 heavy (non-hydrogen) atoms. The number of hydrogen-bond donors (Lipinski definition) is 1. The number of morpholine rings is 1. The Morgan fingerprint density at radius 2 is 2.04 bits per heavy atom. The fourth-order valence-corrected chi connectivity index (χ4v) is 3.39. The number of nitrogens with one attached hydrogen (secondary N) is 1. The van der Waals surface area contributed by atoms with Crippen molar-refractivity contribution in [2.75, 3.05) is 31.2 Å². The number of ether oxygens (including phenoxy) is 1. The van der Waals surface area contributed by atoms with Crippen molar-refractivity contribution in [2.45, 2.75) is 33.2 Å². The maximum atomic E-state index is 12.6. The third-order valence-electron chi connectivity index (χ3n) is 5.00. The van der Waals surface area contributed by atoms with Crippen LogP contribution < -0.4 is 10.2 Å². The molecule has 7 nitrogen and oxygen atoms in total. The van der Waals surface area contributed by atoms with E-state index in [4.69, 9.17) is 4.74 Å². The molecule has 1 aliphatic heterocycles. The summed E-state index contributed by atoms with van der Waals surface area (Å²) in [5, 5.41) is 7.41. The third kappa shape index (κ3) is 3.88. The molecule has 3 rings (SSSR count). The van der Waals surface area contributed by atoms with Gasteiger partial charge in [-0.05, 0) is 32.4 Å². The summed E-state index contributed by atoms with van der Waals surface area (Å²) < 4.78 is 7.19. The van der Waals surface area contributed by atoms with Gasteiger partial charge in [-0.2, -0.15) is 5.10 Å². The average molecular weight is 357 g/mol. The fourth-order valence-electron chi connectivity index (χ4n) is 3.39. The molecule has 3 heterocycles. The predicted octanol–water partition coefficient (Wildman–Crippen LogP) is 1.69. The Labute approximate surface area is 154 Å². The van der Waals surface area contributed by atoms with Crippen LogP contribution in [-0.4, -0.2) is 47.0 Å². The lowest BCUT2D eigenvalue weighted by atomic mass is 9.98. The van der Waals surface area contributed by atoms with E-state index in [1.165, 1.54) is 0 Å². The van der Waals surface area contributed by atoms with E-state index in [2.05, 4.69) is 20.3 Å². The summed E-state index contributed by atoms with van der Waals surface area (Å²) in [6.07, 6.45) is 1.83. The average Bonchev–Trinajstić information content (AvgIpc) is 2.92. The number of aromatic nitrogens is 3. The maximum absolute atomic E-state index is 12.6. The summed E-state index contributed by atoms with van der Waals surface area (Å²) in [7, 11) is 1.90. The molecule has 7 heteroatoms. The summed E-state index contributed by atoms with van der Waals surface area (Å²) in [4.78, 5) is 19.3. The van der Waals surface area contributed by atoms with Gasteiger partial charge in [0.05, 0.1) is 24.8 Å². The van der Waals surface area contributed by atoms with E-state index in [-0.39, 0.29) is 11.8 Å². The first-order chi connectivity index (χ1) is 12.5. The van der Waals surface area contributed by atoms with Gasteiger partial charge in [0.2, 0.25) is 5.91 Å². The molecule has 0 saturated carbocycles. The molecule has 1 amide bonds. The van der Waals surface area contributed by atoms with E-state index >= 15 is 0 Å². The van der Waals surface area contributed by atoms with E-state index in [1.54, 1.807) is 0 Å². The minimum Gasteiger partial charge on any atom is -0.378 e. The zero-order valence-electron chi connectivity index (χ0n) is 16.0. The minimum absolute atomic E-state index is 0.00135. The van der Waals surface area contributed by atoms with Crippen LogP contribution in [0.1, 0.15) is 35.4 Å². The highest BCUT2D eigenvalue weighted by Crippen LogP contribution is 2.23. The Hall–Kier alpha value is -2.41. The number of rotatable bonds is 5. The molecule has 2 aromatic rings. The highest BCUT2D eigenvalue weighted by Gasteiger charge is 2.22. The largest absolute Gasteiger partial charge is 0.378 e. The summed E-state index contributed by atoms with van der Waals surface area (Å²) in [5.74, 6) is 0.726. The lowest BCUT2D eigenvalue weighted by molar-refractivity contribution is -0.122. The minimum atomic E-state index is -0.232. The monoisotopic (exact) mass is 357 g/mol. The molecule has 0 radical (unpaired) electrons. The Morgan fingerprint density at radius 1 is 1.31 bits per heavy atom. The smallest absolute Gasteiger partial charge is 0.227 e. The van der Waals surface area contributed by atoms with Crippen LogP contribution in [0.5, 0.6) is 0 Å². The van der Waals surface area contributed by atoms with Crippen molar-refractivity contribution in [3.63, 3.8) is 0 Å². The molecule has 0 aliphatic carbocycles. The van der Waals surface area contributed by atoms with Gasteiger partial charge in [0, 0.05) is 44.1 Å². The van der Waals surface area contributed by atoms with Crippen molar-refractivity contribution < 1.29 is 9.53 Å². The van der Waals surface area contributed by atoms with Crippen LogP contribution in [0.4, 0.5) is 5.82 Å². The zero-order chi connectivity index (χ0) is 18.7. The van der Waals surface area contributed by atoms with Crippen molar-refractivity contribution >= 4 is 11.7 Å². The Bertz CT molecular complexity index is 763. The Kier molecular flexibility index (Phi) is 5.56. The molecule has 0 spiro atoms. The quantitative estimate of drug-likeness (QED) is 0.882. The van der Waals surface area contributed by atoms with Gasteiger partial charge in [-0.15, -0.1) is 0 Å². The second-order valence-corrected chi connectivity index (χ2v) is 6.77. The van der Waals surface area contributed by atoms with E-state index in [0.29, 0.717) is 6.54 Å². The number of hydrogen-bond acceptors (Lipinski definition) is 5. The molecule has 2 aromatic heterocycles. The predicted molar refractivity (Wildman–Crippen MR) is 100 cm³/mol. The van der Waals surface area contributed by atoms with Gasteiger partial charge >= 0.3 is 0 Å². The first-order valence-electron chi connectivity index (χ1n) is 9.02. The van der Waals surface area contributed by atoms with Crippen LogP contribution in [0.25, 0.3) is 0 Å². The van der Waals surface area contributed by atoms with Crippen LogP contribution in [0.3, 0.4) is 0 Å². The SMILES string of the molecule is Cc1nn(C)c(C)c1[C@@H](C)C(=O)NCc1ccc(N2CCOCC2)nc1.